The van der Waals surface area contributed by atoms with Crippen molar-refractivity contribution in [3.63, 3.8) is 0 Å². The molecule has 3 rings (SSSR count). The zero-order valence-corrected chi connectivity index (χ0v) is 15.3. The topological polar surface area (TPSA) is 51.2 Å². The maximum Gasteiger partial charge on any atom is 0.278 e. The summed E-state index contributed by atoms with van der Waals surface area (Å²) >= 11 is 1.41. The van der Waals surface area contributed by atoms with Crippen LogP contribution in [0.5, 0.6) is 10.9 Å². The Balaban J connectivity index is 1.83. The minimum atomic E-state index is -0.152. The van der Waals surface area contributed by atoms with Crippen LogP contribution >= 0.6 is 11.3 Å². The average molecular weight is 352 g/mol. The molecule has 1 aromatic heterocycles. The zero-order valence-electron chi connectivity index (χ0n) is 14.4. The SMILES string of the molecule is Cc1cccc(C(C)C)c1NC(=O)c1cccc(Oc2nccs2)c1. The molecule has 0 aliphatic heterocycles. The summed E-state index contributed by atoms with van der Waals surface area (Å²) in [5.41, 5.74) is 3.61. The van der Waals surface area contributed by atoms with Gasteiger partial charge in [0, 0.05) is 22.8 Å². The van der Waals surface area contributed by atoms with Crippen LogP contribution in [0.4, 0.5) is 5.69 Å². The summed E-state index contributed by atoms with van der Waals surface area (Å²) in [4.78, 5) is 16.8. The number of ether oxygens (including phenoxy) is 1. The van der Waals surface area contributed by atoms with E-state index < -0.39 is 0 Å². The fourth-order valence-corrected chi connectivity index (χ4v) is 3.09. The van der Waals surface area contributed by atoms with Crippen LogP contribution in [0, 0.1) is 6.92 Å². The van der Waals surface area contributed by atoms with Crippen LogP contribution in [0.1, 0.15) is 41.3 Å². The van der Waals surface area contributed by atoms with E-state index in [2.05, 4.69) is 30.2 Å². The number of anilines is 1. The Morgan fingerprint density at radius 1 is 1.20 bits per heavy atom. The van der Waals surface area contributed by atoms with Gasteiger partial charge in [0.2, 0.25) is 0 Å². The second kappa shape index (κ2) is 7.49. The van der Waals surface area contributed by atoms with E-state index in [0.717, 1.165) is 16.8 Å². The van der Waals surface area contributed by atoms with Crippen molar-refractivity contribution >= 4 is 22.9 Å². The lowest BCUT2D eigenvalue weighted by Gasteiger charge is -2.16. The van der Waals surface area contributed by atoms with Crippen LogP contribution in [-0.4, -0.2) is 10.9 Å². The number of aromatic nitrogens is 1. The molecule has 128 valence electrons. The van der Waals surface area contributed by atoms with Gasteiger partial charge in [-0.05, 0) is 42.2 Å². The van der Waals surface area contributed by atoms with Crippen molar-refractivity contribution in [2.24, 2.45) is 0 Å². The number of thiazole rings is 1. The molecular formula is C20H20N2O2S. The number of para-hydroxylation sites is 1. The van der Waals surface area contributed by atoms with Crippen molar-refractivity contribution in [1.29, 1.82) is 0 Å². The van der Waals surface area contributed by atoms with E-state index in [4.69, 9.17) is 4.74 Å². The summed E-state index contributed by atoms with van der Waals surface area (Å²) in [7, 11) is 0. The monoisotopic (exact) mass is 352 g/mol. The molecule has 4 nitrogen and oxygen atoms in total. The first-order chi connectivity index (χ1) is 12.0. The zero-order chi connectivity index (χ0) is 17.8. The number of benzene rings is 2. The number of carbonyl (C=O) groups is 1. The predicted octanol–water partition coefficient (Wildman–Crippen LogP) is 5.62. The van der Waals surface area contributed by atoms with E-state index in [1.165, 1.54) is 11.3 Å². The van der Waals surface area contributed by atoms with Crippen LogP contribution in [0.3, 0.4) is 0 Å². The Morgan fingerprint density at radius 2 is 2.00 bits per heavy atom. The molecule has 0 bridgehead atoms. The van der Waals surface area contributed by atoms with Gasteiger partial charge in [0.15, 0.2) is 0 Å². The third-order valence-electron chi connectivity index (χ3n) is 3.88. The molecule has 0 fully saturated rings. The van der Waals surface area contributed by atoms with Gasteiger partial charge in [-0.2, -0.15) is 0 Å². The van der Waals surface area contributed by atoms with E-state index in [1.54, 1.807) is 24.4 Å². The molecule has 5 heteroatoms. The highest BCUT2D eigenvalue weighted by molar-refractivity contribution is 7.11. The lowest BCUT2D eigenvalue weighted by Crippen LogP contribution is -2.14. The standard InChI is InChI=1S/C20H20N2O2S/c1-13(2)17-9-4-6-14(3)18(17)22-19(23)15-7-5-8-16(12-15)24-20-21-10-11-25-20/h4-13H,1-3H3,(H,22,23). The number of rotatable bonds is 5. The number of hydrogen-bond donors (Lipinski definition) is 1. The number of nitrogens with zero attached hydrogens (tertiary/aromatic N) is 1. The maximum absolute atomic E-state index is 12.7. The number of amides is 1. The number of aryl methyl sites for hydroxylation is 1. The quantitative estimate of drug-likeness (QED) is 0.648. The highest BCUT2D eigenvalue weighted by Gasteiger charge is 2.14. The van der Waals surface area contributed by atoms with Crippen LogP contribution in [0.2, 0.25) is 0 Å². The van der Waals surface area contributed by atoms with Crippen molar-refractivity contribution in [2.45, 2.75) is 26.7 Å². The van der Waals surface area contributed by atoms with Gasteiger partial charge >= 0.3 is 0 Å². The molecule has 0 unspecified atom stereocenters. The smallest absolute Gasteiger partial charge is 0.278 e. The predicted molar refractivity (Wildman–Crippen MR) is 102 cm³/mol. The molecule has 0 atom stereocenters. The Morgan fingerprint density at radius 3 is 2.72 bits per heavy atom. The highest BCUT2D eigenvalue weighted by atomic mass is 32.1. The van der Waals surface area contributed by atoms with Crippen LogP contribution in [-0.2, 0) is 0 Å². The van der Waals surface area contributed by atoms with Crippen molar-refractivity contribution in [2.75, 3.05) is 5.32 Å². The minimum absolute atomic E-state index is 0.152. The lowest BCUT2D eigenvalue weighted by atomic mass is 9.98. The maximum atomic E-state index is 12.7. The van der Waals surface area contributed by atoms with E-state index in [9.17, 15) is 4.79 Å². The second-order valence-electron chi connectivity index (χ2n) is 6.08. The van der Waals surface area contributed by atoms with Crippen molar-refractivity contribution in [3.05, 3.63) is 70.7 Å². The van der Waals surface area contributed by atoms with E-state index in [-0.39, 0.29) is 5.91 Å². The molecule has 0 radical (unpaired) electrons. The molecule has 0 saturated heterocycles. The molecule has 0 aliphatic rings. The van der Waals surface area contributed by atoms with Gasteiger partial charge in [-0.25, -0.2) is 4.98 Å². The van der Waals surface area contributed by atoms with E-state index in [0.29, 0.717) is 22.4 Å². The summed E-state index contributed by atoms with van der Waals surface area (Å²) in [6.45, 7) is 6.24. The third-order valence-corrected chi connectivity index (χ3v) is 4.52. The third kappa shape index (κ3) is 4.06. The molecule has 0 saturated carbocycles. The molecule has 0 spiro atoms. The van der Waals surface area contributed by atoms with Crippen LogP contribution in [0.15, 0.2) is 54.0 Å². The van der Waals surface area contributed by atoms with Crippen molar-refractivity contribution < 1.29 is 9.53 Å². The first kappa shape index (κ1) is 17.2. The van der Waals surface area contributed by atoms with Gasteiger partial charge in [0.05, 0.1) is 0 Å². The lowest BCUT2D eigenvalue weighted by molar-refractivity contribution is 0.102. The Bertz CT molecular complexity index is 873. The first-order valence-corrected chi connectivity index (χ1v) is 9.01. The molecular weight excluding hydrogens is 332 g/mol. The normalized spacial score (nSPS) is 10.7. The molecule has 0 aliphatic carbocycles. The molecule has 25 heavy (non-hydrogen) atoms. The van der Waals surface area contributed by atoms with Gasteiger partial charge in [-0.3, -0.25) is 4.79 Å². The first-order valence-electron chi connectivity index (χ1n) is 8.13. The Labute approximate surface area is 151 Å². The van der Waals surface area contributed by atoms with Gasteiger partial charge < -0.3 is 10.1 Å². The molecule has 2 aromatic carbocycles. The summed E-state index contributed by atoms with van der Waals surface area (Å²) < 4.78 is 5.67. The summed E-state index contributed by atoms with van der Waals surface area (Å²) in [5, 5.41) is 5.45. The fraction of sp³-hybridized carbons (Fsp3) is 0.200. The molecule has 1 amide bonds. The Kier molecular flexibility index (Phi) is 5.14. The molecule has 3 aromatic rings. The molecule has 1 N–H and O–H groups in total. The summed E-state index contributed by atoms with van der Waals surface area (Å²) in [5.74, 6) is 0.770. The number of nitrogens with one attached hydrogen (secondary N) is 1. The van der Waals surface area contributed by atoms with Crippen molar-refractivity contribution in [3.8, 4) is 10.9 Å². The number of carbonyl (C=O) groups excluding carboxylic acids is 1. The summed E-state index contributed by atoms with van der Waals surface area (Å²) in [6, 6.07) is 13.2. The van der Waals surface area contributed by atoms with Gasteiger partial charge in [-0.15, -0.1) is 0 Å². The minimum Gasteiger partial charge on any atom is -0.431 e. The largest absolute Gasteiger partial charge is 0.431 e. The van der Waals surface area contributed by atoms with E-state index in [1.807, 2.05) is 30.5 Å². The van der Waals surface area contributed by atoms with Crippen molar-refractivity contribution in [1.82, 2.24) is 4.98 Å². The van der Waals surface area contributed by atoms with Gasteiger partial charge in [0.1, 0.15) is 5.75 Å². The fourth-order valence-electron chi connectivity index (χ4n) is 2.59. The molecule has 1 heterocycles. The number of hydrogen-bond acceptors (Lipinski definition) is 4. The average Bonchev–Trinajstić information content (AvgIpc) is 3.09. The van der Waals surface area contributed by atoms with Gasteiger partial charge in [0.25, 0.3) is 11.1 Å². The van der Waals surface area contributed by atoms with Gasteiger partial charge in [-0.1, -0.05) is 49.4 Å². The van der Waals surface area contributed by atoms with Crippen LogP contribution < -0.4 is 10.1 Å². The summed E-state index contributed by atoms with van der Waals surface area (Å²) in [6.07, 6.45) is 1.68. The highest BCUT2D eigenvalue weighted by Crippen LogP contribution is 2.29. The van der Waals surface area contributed by atoms with E-state index >= 15 is 0 Å². The second-order valence-corrected chi connectivity index (χ2v) is 6.93. The van der Waals surface area contributed by atoms with Crippen LogP contribution in [0.25, 0.3) is 0 Å². The Hall–Kier alpha value is -2.66.